The molecule has 2 atom stereocenters. The molecule has 0 bridgehead atoms. The zero-order valence-corrected chi connectivity index (χ0v) is 19.2. The Hall–Kier alpha value is -2.17. The summed E-state index contributed by atoms with van der Waals surface area (Å²) in [5, 5.41) is 1.97. The van der Waals surface area contributed by atoms with Crippen molar-refractivity contribution in [1.82, 2.24) is 5.32 Å². The van der Waals surface area contributed by atoms with Gasteiger partial charge in [-0.1, -0.05) is 6.07 Å². The van der Waals surface area contributed by atoms with Gasteiger partial charge in [-0.25, -0.2) is 21.2 Å². The van der Waals surface area contributed by atoms with Crippen LogP contribution in [-0.2, 0) is 26.1 Å². The summed E-state index contributed by atoms with van der Waals surface area (Å²) in [6, 6.07) is 8.23. The van der Waals surface area contributed by atoms with E-state index in [0.717, 1.165) is 11.6 Å². The Morgan fingerprint density at radius 2 is 1.77 bits per heavy atom. The number of nitrogens with one attached hydrogen (secondary N) is 1. The predicted molar refractivity (Wildman–Crippen MR) is 116 cm³/mol. The largest absolute Gasteiger partial charge is 0.493 e. The monoisotopic (exact) mass is 471 g/mol. The lowest BCUT2D eigenvalue weighted by molar-refractivity contribution is 0.354. The molecule has 3 rings (SSSR count). The predicted octanol–water partition coefficient (Wildman–Crippen LogP) is 1.92. The smallest absolute Gasteiger partial charge is 0.183 e. The number of methoxy groups -OCH3 is 2. The molecule has 0 spiro atoms. The molecule has 1 aliphatic heterocycles. The highest BCUT2D eigenvalue weighted by Gasteiger charge is 2.45. The average molecular weight is 472 g/mol. The van der Waals surface area contributed by atoms with Gasteiger partial charge in [0.15, 0.2) is 31.2 Å². The molecule has 0 aromatic heterocycles. The molecule has 1 aliphatic rings. The zero-order valence-electron chi connectivity index (χ0n) is 17.6. The number of ether oxygens (including phenoxy) is 2. The third kappa shape index (κ3) is 5.19. The molecule has 0 radical (unpaired) electrons. The standard InChI is InChI=1S/C21H26FNO6S2/c1-14-10-16(5-6-17(14)22)31(26,27)21-13-30(24,25)12-18(21)23-9-8-15-4-7-19(28-2)20(11-15)29-3/h4-7,10-11,18,21,23H,8-9,12-13H2,1-3H3/t18-,21-/m1/s1. The Kier molecular flexibility index (Phi) is 6.92. The molecule has 7 nitrogen and oxygen atoms in total. The van der Waals surface area contributed by atoms with E-state index in [4.69, 9.17) is 9.47 Å². The Balaban J connectivity index is 1.76. The van der Waals surface area contributed by atoms with E-state index < -0.39 is 42.5 Å². The molecule has 1 saturated heterocycles. The molecule has 0 amide bonds. The van der Waals surface area contributed by atoms with E-state index in [0.29, 0.717) is 24.5 Å². The summed E-state index contributed by atoms with van der Waals surface area (Å²) in [5.41, 5.74) is 1.12. The second-order valence-electron chi connectivity index (χ2n) is 7.57. The van der Waals surface area contributed by atoms with Crippen LogP contribution in [0, 0.1) is 12.7 Å². The van der Waals surface area contributed by atoms with Crippen LogP contribution < -0.4 is 14.8 Å². The van der Waals surface area contributed by atoms with Crippen LogP contribution in [0.4, 0.5) is 4.39 Å². The topological polar surface area (TPSA) is 98.8 Å². The second kappa shape index (κ2) is 9.13. The second-order valence-corrected chi connectivity index (χ2v) is 11.9. The van der Waals surface area contributed by atoms with Crippen LogP contribution in [0.1, 0.15) is 11.1 Å². The fourth-order valence-electron chi connectivity index (χ4n) is 3.72. The zero-order chi connectivity index (χ0) is 22.8. The molecule has 10 heteroatoms. The van der Waals surface area contributed by atoms with Crippen molar-refractivity contribution in [2.24, 2.45) is 0 Å². The van der Waals surface area contributed by atoms with Crippen LogP contribution in [0.3, 0.4) is 0 Å². The van der Waals surface area contributed by atoms with Gasteiger partial charge in [0.1, 0.15) is 5.82 Å². The highest BCUT2D eigenvalue weighted by molar-refractivity contribution is 7.96. The molecule has 1 heterocycles. The van der Waals surface area contributed by atoms with E-state index in [1.54, 1.807) is 13.2 Å². The highest BCUT2D eigenvalue weighted by atomic mass is 32.2. The maximum atomic E-state index is 13.6. The maximum absolute atomic E-state index is 13.6. The Morgan fingerprint density at radius 3 is 2.42 bits per heavy atom. The number of benzene rings is 2. The van der Waals surface area contributed by atoms with Gasteiger partial charge in [-0.15, -0.1) is 0 Å². The van der Waals surface area contributed by atoms with Gasteiger partial charge < -0.3 is 14.8 Å². The lowest BCUT2D eigenvalue weighted by Gasteiger charge is -2.20. The van der Waals surface area contributed by atoms with Crippen molar-refractivity contribution < 1.29 is 30.7 Å². The van der Waals surface area contributed by atoms with Crippen molar-refractivity contribution >= 4 is 19.7 Å². The molecule has 0 aliphatic carbocycles. The summed E-state index contributed by atoms with van der Waals surface area (Å²) >= 11 is 0. The minimum atomic E-state index is -3.96. The van der Waals surface area contributed by atoms with E-state index in [2.05, 4.69) is 5.32 Å². The number of hydrogen-bond acceptors (Lipinski definition) is 7. The van der Waals surface area contributed by atoms with Gasteiger partial charge in [0.05, 0.1) is 35.9 Å². The Morgan fingerprint density at radius 1 is 1.06 bits per heavy atom. The summed E-state index contributed by atoms with van der Waals surface area (Å²) in [4.78, 5) is -0.0693. The van der Waals surface area contributed by atoms with Crippen LogP contribution in [0.15, 0.2) is 41.3 Å². The summed E-state index contributed by atoms with van der Waals surface area (Å²) in [6.45, 7) is 1.85. The summed E-state index contributed by atoms with van der Waals surface area (Å²) in [5.74, 6) is -0.0528. The summed E-state index contributed by atoms with van der Waals surface area (Å²) in [6.07, 6.45) is 0.541. The summed E-state index contributed by atoms with van der Waals surface area (Å²) < 4.78 is 74.8. The number of sulfone groups is 2. The van der Waals surface area contributed by atoms with Crippen LogP contribution in [0.5, 0.6) is 11.5 Å². The third-order valence-corrected chi connectivity index (χ3v) is 9.57. The molecule has 2 aromatic carbocycles. The van der Waals surface area contributed by atoms with E-state index in [-0.39, 0.29) is 16.2 Å². The van der Waals surface area contributed by atoms with Gasteiger partial charge in [0.2, 0.25) is 0 Å². The van der Waals surface area contributed by atoms with Gasteiger partial charge >= 0.3 is 0 Å². The van der Waals surface area contributed by atoms with E-state index in [9.17, 15) is 21.2 Å². The number of hydrogen-bond donors (Lipinski definition) is 1. The average Bonchev–Trinajstić information content (AvgIpc) is 3.05. The van der Waals surface area contributed by atoms with Crippen LogP contribution in [-0.4, -0.2) is 60.4 Å². The molecule has 1 N–H and O–H groups in total. The molecular weight excluding hydrogens is 445 g/mol. The first-order chi connectivity index (χ1) is 14.6. The van der Waals surface area contributed by atoms with Crippen molar-refractivity contribution in [3.63, 3.8) is 0 Å². The summed E-state index contributed by atoms with van der Waals surface area (Å²) in [7, 11) is -4.40. The first-order valence-electron chi connectivity index (χ1n) is 9.72. The molecule has 1 fully saturated rings. The SMILES string of the molecule is COc1ccc(CCN[C@@H]2CS(=O)(=O)C[C@H]2S(=O)(=O)c2ccc(F)c(C)c2)cc1OC. The third-order valence-electron chi connectivity index (χ3n) is 5.43. The van der Waals surface area contributed by atoms with E-state index in [1.165, 1.54) is 26.2 Å². The minimum Gasteiger partial charge on any atom is -0.493 e. The fourth-order valence-corrected chi connectivity index (χ4v) is 8.52. The van der Waals surface area contributed by atoms with Crippen molar-refractivity contribution in [2.75, 3.05) is 32.3 Å². The Labute approximate surface area is 182 Å². The van der Waals surface area contributed by atoms with Crippen LogP contribution >= 0.6 is 0 Å². The lowest BCUT2D eigenvalue weighted by Crippen LogP contribution is -2.44. The molecule has 2 aromatic rings. The minimum absolute atomic E-state index is 0.0693. The van der Waals surface area contributed by atoms with Crippen molar-refractivity contribution in [2.45, 2.75) is 29.5 Å². The molecule has 170 valence electrons. The van der Waals surface area contributed by atoms with Crippen LogP contribution in [0.2, 0.25) is 0 Å². The van der Waals surface area contributed by atoms with Gasteiger partial charge in [-0.2, -0.15) is 0 Å². The highest BCUT2D eigenvalue weighted by Crippen LogP contribution is 2.29. The first-order valence-corrected chi connectivity index (χ1v) is 13.1. The number of rotatable bonds is 8. The fraction of sp³-hybridized carbons (Fsp3) is 0.429. The molecule has 0 saturated carbocycles. The van der Waals surface area contributed by atoms with Crippen LogP contribution in [0.25, 0.3) is 0 Å². The van der Waals surface area contributed by atoms with Gasteiger partial charge in [-0.05, 0) is 61.3 Å². The van der Waals surface area contributed by atoms with Crippen molar-refractivity contribution in [3.8, 4) is 11.5 Å². The molecule has 31 heavy (non-hydrogen) atoms. The number of aryl methyl sites for hydroxylation is 1. The van der Waals surface area contributed by atoms with Gasteiger partial charge in [-0.3, -0.25) is 0 Å². The van der Waals surface area contributed by atoms with Crippen molar-refractivity contribution in [3.05, 3.63) is 53.3 Å². The van der Waals surface area contributed by atoms with Gasteiger partial charge in [0, 0.05) is 6.04 Å². The maximum Gasteiger partial charge on any atom is 0.183 e. The van der Waals surface area contributed by atoms with E-state index in [1.807, 2.05) is 12.1 Å². The normalized spacial score (nSPS) is 20.5. The molecule has 0 unspecified atom stereocenters. The molecular formula is C21H26FNO6S2. The van der Waals surface area contributed by atoms with E-state index >= 15 is 0 Å². The number of halogens is 1. The Bertz CT molecular complexity index is 1160. The first kappa shape index (κ1) is 23.5. The quantitative estimate of drug-likeness (QED) is 0.588. The van der Waals surface area contributed by atoms with Gasteiger partial charge in [0.25, 0.3) is 0 Å². The van der Waals surface area contributed by atoms with Crippen molar-refractivity contribution in [1.29, 1.82) is 0 Å². The lowest BCUT2D eigenvalue weighted by atomic mass is 10.1.